The van der Waals surface area contributed by atoms with Crippen molar-refractivity contribution in [2.75, 3.05) is 13.7 Å². The van der Waals surface area contributed by atoms with E-state index in [1.807, 2.05) is 4.57 Å². The van der Waals surface area contributed by atoms with Crippen LogP contribution in [0.25, 0.3) is 11.0 Å². The first kappa shape index (κ1) is 14.1. The molecule has 7 heteroatoms. The molecule has 2 heterocycles. The Morgan fingerprint density at radius 1 is 1.50 bits per heavy atom. The molecule has 0 radical (unpaired) electrons. The van der Waals surface area contributed by atoms with Crippen LogP contribution < -0.4 is 10.3 Å². The lowest BCUT2D eigenvalue weighted by Crippen LogP contribution is -2.21. The van der Waals surface area contributed by atoms with E-state index in [9.17, 15) is 10.1 Å². The van der Waals surface area contributed by atoms with Gasteiger partial charge in [0.05, 0.1) is 18.1 Å². The van der Waals surface area contributed by atoms with Crippen LogP contribution in [0.15, 0.2) is 11.0 Å². The molecule has 0 aromatic carbocycles. The third-order valence-corrected chi connectivity index (χ3v) is 3.14. The Bertz CT molecular complexity index is 724. The van der Waals surface area contributed by atoms with Crippen LogP contribution in [0.4, 0.5) is 0 Å². The summed E-state index contributed by atoms with van der Waals surface area (Å²) in [5, 5.41) is 22.7. The van der Waals surface area contributed by atoms with E-state index < -0.39 is 0 Å². The molecule has 0 fully saturated rings. The molecule has 0 atom stereocenters. The van der Waals surface area contributed by atoms with Crippen LogP contribution in [-0.4, -0.2) is 33.2 Å². The number of unbranched alkanes of at least 4 members (excludes halogenated alkanes) is 1. The van der Waals surface area contributed by atoms with Crippen LogP contribution in [0.5, 0.6) is 5.75 Å². The van der Waals surface area contributed by atoms with Gasteiger partial charge in [-0.3, -0.25) is 4.79 Å². The summed E-state index contributed by atoms with van der Waals surface area (Å²) in [6.07, 6.45) is 3.10. The zero-order chi connectivity index (χ0) is 14.7. The number of methoxy groups -OCH3 is 1. The number of hydrogen-bond acceptors (Lipinski definition) is 5. The van der Waals surface area contributed by atoms with Crippen molar-refractivity contribution in [1.82, 2.24) is 14.3 Å². The third kappa shape index (κ3) is 2.26. The van der Waals surface area contributed by atoms with Gasteiger partial charge in [-0.05, 0) is 12.8 Å². The normalized spacial score (nSPS) is 10.7. The molecule has 0 amide bonds. The molecular formula is C13H16N4O3. The molecule has 2 rings (SSSR count). The molecule has 2 aromatic heterocycles. The molecule has 20 heavy (non-hydrogen) atoms. The number of rotatable bonds is 5. The molecule has 0 bridgehead atoms. The summed E-state index contributed by atoms with van der Waals surface area (Å²) in [7, 11) is 2.95. The van der Waals surface area contributed by atoms with Gasteiger partial charge in [-0.15, -0.1) is 0 Å². The van der Waals surface area contributed by atoms with Crippen LogP contribution >= 0.6 is 0 Å². The van der Waals surface area contributed by atoms with Gasteiger partial charge in [-0.2, -0.15) is 10.4 Å². The van der Waals surface area contributed by atoms with Crippen molar-refractivity contribution in [3.8, 4) is 11.8 Å². The van der Waals surface area contributed by atoms with Crippen molar-refractivity contribution in [2.24, 2.45) is 7.05 Å². The minimum absolute atomic E-state index is 0.125. The van der Waals surface area contributed by atoms with E-state index in [-0.39, 0.29) is 17.9 Å². The summed E-state index contributed by atoms with van der Waals surface area (Å²) >= 11 is 0. The molecule has 2 aromatic rings. The summed E-state index contributed by atoms with van der Waals surface area (Å²) in [6.45, 7) is 0.743. The Kier molecular flexibility index (Phi) is 4.05. The number of aryl methyl sites for hydroxylation is 2. The highest BCUT2D eigenvalue weighted by Gasteiger charge is 2.18. The highest BCUT2D eigenvalue weighted by Crippen LogP contribution is 2.25. The Balaban J connectivity index is 2.65. The average Bonchev–Trinajstić information content (AvgIpc) is 2.78. The van der Waals surface area contributed by atoms with Crippen molar-refractivity contribution in [3.63, 3.8) is 0 Å². The highest BCUT2D eigenvalue weighted by atomic mass is 16.5. The minimum Gasteiger partial charge on any atom is -0.490 e. The molecule has 0 unspecified atom stereocenters. The van der Waals surface area contributed by atoms with Gasteiger partial charge < -0.3 is 14.4 Å². The van der Waals surface area contributed by atoms with Crippen LogP contribution in [-0.2, 0) is 13.6 Å². The summed E-state index contributed by atoms with van der Waals surface area (Å²) in [5.41, 5.74) is 0.536. The fourth-order valence-corrected chi connectivity index (χ4v) is 2.16. The lowest BCUT2D eigenvalue weighted by Gasteiger charge is -2.07. The van der Waals surface area contributed by atoms with Crippen molar-refractivity contribution in [3.05, 3.63) is 22.1 Å². The number of aliphatic hydroxyl groups excluding tert-OH is 1. The van der Waals surface area contributed by atoms with E-state index in [2.05, 4.69) is 11.2 Å². The number of hydrogen-bond donors (Lipinski definition) is 1. The van der Waals surface area contributed by atoms with Crippen molar-refractivity contribution < 1.29 is 9.84 Å². The van der Waals surface area contributed by atoms with Gasteiger partial charge in [-0.25, -0.2) is 4.68 Å². The zero-order valence-electron chi connectivity index (χ0n) is 11.5. The van der Waals surface area contributed by atoms with Crippen LogP contribution in [0, 0.1) is 11.3 Å². The van der Waals surface area contributed by atoms with Gasteiger partial charge in [0.15, 0.2) is 11.4 Å². The van der Waals surface area contributed by atoms with Gasteiger partial charge >= 0.3 is 5.56 Å². The highest BCUT2D eigenvalue weighted by molar-refractivity contribution is 5.88. The molecule has 0 saturated carbocycles. The number of nitriles is 1. The second-order valence-corrected chi connectivity index (χ2v) is 4.44. The maximum absolute atomic E-state index is 12.0. The number of aromatic nitrogens is 3. The number of aliphatic hydroxyl groups is 1. The van der Waals surface area contributed by atoms with E-state index >= 15 is 0 Å². The second kappa shape index (κ2) is 5.75. The van der Waals surface area contributed by atoms with E-state index in [4.69, 9.17) is 9.84 Å². The summed E-state index contributed by atoms with van der Waals surface area (Å²) in [5.74, 6) is 0.134. The molecule has 0 aliphatic rings. The largest absolute Gasteiger partial charge is 0.490 e. The Hall–Kier alpha value is -2.33. The fourth-order valence-electron chi connectivity index (χ4n) is 2.16. The monoisotopic (exact) mass is 276 g/mol. The zero-order valence-corrected chi connectivity index (χ0v) is 11.5. The van der Waals surface area contributed by atoms with E-state index in [1.165, 1.54) is 11.8 Å². The van der Waals surface area contributed by atoms with Crippen LogP contribution in [0.2, 0.25) is 0 Å². The maximum atomic E-state index is 12.0. The first-order valence-electron chi connectivity index (χ1n) is 6.29. The lowest BCUT2D eigenvalue weighted by molar-refractivity contribution is 0.281. The predicted octanol–water partition coefficient (Wildman–Crippen LogP) is 0.388. The molecule has 106 valence electrons. The van der Waals surface area contributed by atoms with Gasteiger partial charge in [0.2, 0.25) is 0 Å². The van der Waals surface area contributed by atoms with Gasteiger partial charge in [0.1, 0.15) is 6.07 Å². The molecule has 1 N–H and O–H groups in total. The van der Waals surface area contributed by atoms with Gasteiger partial charge in [0, 0.05) is 26.4 Å². The number of fused-ring (bicyclic) bond motifs is 1. The fraction of sp³-hybridized carbons (Fsp3) is 0.462. The number of ether oxygens (including phenoxy) is 1. The molecule has 0 aliphatic heterocycles. The minimum atomic E-state index is -0.371. The van der Waals surface area contributed by atoms with E-state index in [0.717, 1.165) is 6.42 Å². The Morgan fingerprint density at radius 2 is 2.25 bits per heavy atom. The first-order chi connectivity index (χ1) is 9.63. The predicted molar refractivity (Wildman–Crippen MR) is 72.6 cm³/mol. The molecule has 7 nitrogen and oxygen atoms in total. The summed E-state index contributed by atoms with van der Waals surface area (Å²) in [4.78, 5) is 12.0. The first-order valence-corrected chi connectivity index (χ1v) is 6.29. The van der Waals surface area contributed by atoms with E-state index in [1.54, 1.807) is 13.2 Å². The smallest absolute Gasteiger partial charge is 0.309 e. The maximum Gasteiger partial charge on any atom is 0.309 e. The summed E-state index contributed by atoms with van der Waals surface area (Å²) < 4.78 is 8.15. The Morgan fingerprint density at radius 3 is 2.85 bits per heavy atom. The Labute approximate surface area is 115 Å². The van der Waals surface area contributed by atoms with Crippen LogP contribution in [0.1, 0.15) is 18.4 Å². The van der Waals surface area contributed by atoms with Crippen molar-refractivity contribution in [1.29, 1.82) is 5.26 Å². The lowest BCUT2D eigenvalue weighted by atomic mass is 10.2. The molecule has 0 spiro atoms. The van der Waals surface area contributed by atoms with Gasteiger partial charge in [0.25, 0.3) is 0 Å². The third-order valence-electron chi connectivity index (χ3n) is 3.14. The topological polar surface area (TPSA) is 93.1 Å². The van der Waals surface area contributed by atoms with E-state index in [0.29, 0.717) is 29.6 Å². The quantitative estimate of drug-likeness (QED) is 0.797. The molecule has 0 saturated heterocycles. The SMILES string of the molecule is COc1c(=O)n(C)nc2c1c(C#N)cn2CCCCO. The standard InChI is InChI=1S/C13H16N4O3/c1-16-13(19)11(20-2)10-9(7-14)8-17(12(10)15-16)5-3-4-6-18/h8,18H,3-6H2,1-2H3. The number of nitrogens with zero attached hydrogens (tertiary/aromatic N) is 4. The van der Waals surface area contributed by atoms with Gasteiger partial charge in [-0.1, -0.05) is 0 Å². The van der Waals surface area contributed by atoms with Crippen molar-refractivity contribution >= 4 is 11.0 Å². The second-order valence-electron chi connectivity index (χ2n) is 4.44. The summed E-state index contributed by atoms with van der Waals surface area (Å²) in [6, 6.07) is 2.06. The van der Waals surface area contributed by atoms with Crippen molar-refractivity contribution in [2.45, 2.75) is 19.4 Å². The van der Waals surface area contributed by atoms with Crippen LogP contribution in [0.3, 0.4) is 0 Å². The molecular weight excluding hydrogens is 260 g/mol. The average molecular weight is 276 g/mol. The molecule has 0 aliphatic carbocycles.